The molecule has 2 heterocycles. The van der Waals surface area contributed by atoms with Crippen molar-refractivity contribution < 1.29 is 9.53 Å². The van der Waals surface area contributed by atoms with Gasteiger partial charge >= 0.3 is 0 Å². The summed E-state index contributed by atoms with van der Waals surface area (Å²) in [4.78, 5) is 24.1. The number of ether oxygens (including phenoxy) is 1. The number of pyridine rings is 1. The van der Waals surface area contributed by atoms with Crippen LogP contribution >= 0.6 is 0 Å². The number of hydrogen-bond donors (Lipinski definition) is 1. The van der Waals surface area contributed by atoms with Gasteiger partial charge in [-0.25, -0.2) is 9.97 Å². The molecule has 120 valence electrons. The Labute approximate surface area is 139 Å². The minimum atomic E-state index is -0.401. The summed E-state index contributed by atoms with van der Waals surface area (Å²) in [6.07, 6.45) is 4.92. The molecule has 2 aromatic heterocycles. The van der Waals surface area contributed by atoms with E-state index in [2.05, 4.69) is 15.0 Å². The van der Waals surface area contributed by atoms with Gasteiger partial charge in [0.15, 0.2) is 0 Å². The Morgan fingerprint density at radius 1 is 1.12 bits per heavy atom. The maximum atomic E-state index is 11.3. The minimum Gasteiger partial charge on any atom is -0.496 e. The van der Waals surface area contributed by atoms with Gasteiger partial charge in [0, 0.05) is 23.5 Å². The number of amides is 1. The lowest BCUT2D eigenvalue weighted by atomic mass is 10.0. The standard InChI is InChI=1S/C18H16N4O2/c1-24-17-5-3-2-4-13(17)15-9-16(22-11-21-15)14-10-20-7-6-12(14)8-18(19)23/h2-7,9-11H,8H2,1H3,(H2,19,23). The molecule has 0 fully saturated rings. The molecule has 0 saturated heterocycles. The predicted molar refractivity (Wildman–Crippen MR) is 90.1 cm³/mol. The average molecular weight is 320 g/mol. The molecule has 0 spiro atoms. The fourth-order valence-electron chi connectivity index (χ4n) is 2.50. The van der Waals surface area contributed by atoms with Gasteiger partial charge in [0.05, 0.1) is 24.9 Å². The smallest absolute Gasteiger partial charge is 0.221 e. The molecule has 3 rings (SSSR count). The van der Waals surface area contributed by atoms with Crippen LogP contribution in [-0.2, 0) is 11.2 Å². The SMILES string of the molecule is COc1ccccc1-c1cc(-c2cnccc2CC(N)=O)ncn1. The topological polar surface area (TPSA) is 91.0 Å². The second-order valence-corrected chi connectivity index (χ2v) is 5.16. The first-order valence-corrected chi connectivity index (χ1v) is 7.36. The number of nitrogens with zero attached hydrogens (tertiary/aromatic N) is 3. The van der Waals surface area contributed by atoms with Gasteiger partial charge in [0.25, 0.3) is 0 Å². The highest BCUT2D eigenvalue weighted by Gasteiger charge is 2.12. The maximum absolute atomic E-state index is 11.3. The van der Waals surface area contributed by atoms with E-state index in [4.69, 9.17) is 10.5 Å². The van der Waals surface area contributed by atoms with Crippen LogP contribution in [0.5, 0.6) is 5.75 Å². The number of hydrogen-bond acceptors (Lipinski definition) is 5. The van der Waals surface area contributed by atoms with Crippen LogP contribution < -0.4 is 10.5 Å². The molecule has 1 amide bonds. The van der Waals surface area contributed by atoms with Crippen LogP contribution in [0.2, 0.25) is 0 Å². The Bertz CT molecular complexity index is 880. The van der Waals surface area contributed by atoms with Crippen molar-refractivity contribution in [2.24, 2.45) is 5.73 Å². The summed E-state index contributed by atoms with van der Waals surface area (Å²) in [5.41, 5.74) is 9.13. The molecule has 3 aromatic rings. The average Bonchev–Trinajstić information content (AvgIpc) is 2.62. The van der Waals surface area contributed by atoms with Crippen molar-refractivity contribution in [3.8, 4) is 28.3 Å². The number of primary amides is 1. The number of carbonyl (C=O) groups excluding carboxylic acids is 1. The lowest BCUT2D eigenvalue weighted by Gasteiger charge is -2.10. The fourth-order valence-corrected chi connectivity index (χ4v) is 2.50. The molecule has 0 aliphatic carbocycles. The highest BCUT2D eigenvalue weighted by Crippen LogP contribution is 2.30. The molecule has 0 aliphatic heterocycles. The molecular weight excluding hydrogens is 304 g/mol. The molecule has 0 unspecified atom stereocenters. The number of methoxy groups -OCH3 is 1. The Balaban J connectivity index is 2.08. The molecule has 6 heteroatoms. The molecule has 1 aromatic carbocycles. The summed E-state index contributed by atoms with van der Waals surface area (Å²) in [7, 11) is 1.62. The minimum absolute atomic E-state index is 0.131. The maximum Gasteiger partial charge on any atom is 0.221 e. The first-order chi connectivity index (χ1) is 11.7. The van der Waals surface area contributed by atoms with Crippen LogP contribution in [0.1, 0.15) is 5.56 Å². The number of para-hydroxylation sites is 1. The third-order valence-corrected chi connectivity index (χ3v) is 3.60. The third kappa shape index (κ3) is 3.22. The Kier molecular flexibility index (Phi) is 4.47. The van der Waals surface area contributed by atoms with Crippen molar-refractivity contribution in [1.82, 2.24) is 15.0 Å². The van der Waals surface area contributed by atoms with Crippen molar-refractivity contribution in [3.05, 3.63) is 60.7 Å². The van der Waals surface area contributed by atoms with Crippen LogP contribution in [0.4, 0.5) is 0 Å². The van der Waals surface area contributed by atoms with Gasteiger partial charge in [0.2, 0.25) is 5.91 Å². The number of rotatable bonds is 5. The van der Waals surface area contributed by atoms with E-state index >= 15 is 0 Å². The number of benzene rings is 1. The van der Waals surface area contributed by atoms with E-state index in [1.807, 2.05) is 30.3 Å². The molecule has 0 bridgehead atoms. The number of carbonyl (C=O) groups is 1. The lowest BCUT2D eigenvalue weighted by molar-refractivity contribution is -0.117. The first-order valence-electron chi connectivity index (χ1n) is 7.36. The molecule has 2 N–H and O–H groups in total. The van der Waals surface area contributed by atoms with Gasteiger partial charge in [-0.3, -0.25) is 9.78 Å². The normalized spacial score (nSPS) is 10.4. The van der Waals surface area contributed by atoms with E-state index in [1.165, 1.54) is 6.33 Å². The van der Waals surface area contributed by atoms with Crippen LogP contribution in [0, 0.1) is 0 Å². The first kappa shape index (κ1) is 15.6. The second kappa shape index (κ2) is 6.87. The van der Waals surface area contributed by atoms with Crippen molar-refractivity contribution in [3.63, 3.8) is 0 Å². The number of nitrogens with two attached hydrogens (primary N) is 1. The molecule has 0 saturated carbocycles. The summed E-state index contributed by atoms with van der Waals surface area (Å²) in [5.74, 6) is 0.326. The van der Waals surface area contributed by atoms with Gasteiger partial charge in [-0.15, -0.1) is 0 Å². The van der Waals surface area contributed by atoms with Gasteiger partial charge < -0.3 is 10.5 Å². The van der Waals surface area contributed by atoms with Gasteiger partial charge in [-0.05, 0) is 29.8 Å². The number of aromatic nitrogens is 3. The van der Waals surface area contributed by atoms with Gasteiger partial charge in [0.1, 0.15) is 12.1 Å². The van der Waals surface area contributed by atoms with Gasteiger partial charge in [-0.1, -0.05) is 12.1 Å². The van der Waals surface area contributed by atoms with E-state index < -0.39 is 5.91 Å². The monoisotopic (exact) mass is 320 g/mol. The molecule has 24 heavy (non-hydrogen) atoms. The molecule has 0 atom stereocenters. The van der Waals surface area contributed by atoms with Crippen LogP contribution in [-0.4, -0.2) is 28.0 Å². The van der Waals surface area contributed by atoms with Crippen LogP contribution in [0.25, 0.3) is 22.5 Å². The van der Waals surface area contributed by atoms with E-state index in [0.717, 1.165) is 28.1 Å². The second-order valence-electron chi connectivity index (χ2n) is 5.16. The zero-order valence-electron chi connectivity index (χ0n) is 13.1. The molecular formula is C18H16N4O2. The van der Waals surface area contributed by atoms with Crippen molar-refractivity contribution in [2.75, 3.05) is 7.11 Å². The highest BCUT2D eigenvalue weighted by molar-refractivity contribution is 5.80. The summed E-state index contributed by atoms with van der Waals surface area (Å²) in [6.45, 7) is 0. The molecule has 0 radical (unpaired) electrons. The Morgan fingerprint density at radius 2 is 1.88 bits per heavy atom. The Hall–Kier alpha value is -3.28. The molecule has 0 aliphatic rings. The largest absolute Gasteiger partial charge is 0.496 e. The third-order valence-electron chi connectivity index (χ3n) is 3.60. The zero-order valence-corrected chi connectivity index (χ0v) is 13.1. The predicted octanol–water partition coefficient (Wildman–Crippen LogP) is 2.24. The summed E-state index contributed by atoms with van der Waals surface area (Å²) >= 11 is 0. The van der Waals surface area contributed by atoms with Crippen molar-refractivity contribution in [2.45, 2.75) is 6.42 Å². The van der Waals surface area contributed by atoms with E-state index in [-0.39, 0.29) is 6.42 Å². The van der Waals surface area contributed by atoms with Crippen LogP contribution in [0.3, 0.4) is 0 Å². The highest BCUT2D eigenvalue weighted by atomic mass is 16.5. The van der Waals surface area contributed by atoms with E-state index in [9.17, 15) is 4.79 Å². The van der Waals surface area contributed by atoms with Crippen molar-refractivity contribution in [1.29, 1.82) is 0 Å². The fraction of sp³-hybridized carbons (Fsp3) is 0.111. The zero-order chi connectivity index (χ0) is 16.9. The summed E-state index contributed by atoms with van der Waals surface area (Å²) in [6, 6.07) is 11.2. The summed E-state index contributed by atoms with van der Waals surface area (Å²) in [5, 5.41) is 0. The van der Waals surface area contributed by atoms with Gasteiger partial charge in [-0.2, -0.15) is 0 Å². The summed E-state index contributed by atoms with van der Waals surface area (Å²) < 4.78 is 5.39. The van der Waals surface area contributed by atoms with Crippen molar-refractivity contribution >= 4 is 5.91 Å². The molecule has 6 nitrogen and oxygen atoms in total. The van der Waals surface area contributed by atoms with E-state index in [1.54, 1.807) is 25.6 Å². The quantitative estimate of drug-likeness (QED) is 0.778. The van der Waals surface area contributed by atoms with Crippen LogP contribution in [0.15, 0.2) is 55.1 Å². The lowest BCUT2D eigenvalue weighted by Crippen LogP contribution is -2.14. The Morgan fingerprint density at radius 3 is 2.62 bits per heavy atom. The van der Waals surface area contributed by atoms with E-state index in [0.29, 0.717) is 5.69 Å².